The molecule has 0 bridgehead atoms. The maximum absolute atomic E-state index is 12.4. The first kappa shape index (κ1) is 54.9. The van der Waals surface area contributed by atoms with E-state index in [-0.39, 0.29) is 12.5 Å². The van der Waals surface area contributed by atoms with Gasteiger partial charge in [0.1, 0.15) is 0 Å². The van der Waals surface area contributed by atoms with E-state index in [0.717, 1.165) is 32.1 Å². The zero-order chi connectivity index (χ0) is 40.7. The molecule has 0 heterocycles. The minimum atomic E-state index is -0.859. The zero-order valence-corrected chi connectivity index (χ0v) is 38.2. The van der Waals surface area contributed by atoms with Crippen LogP contribution in [-0.2, 0) is 4.79 Å². The largest absolute Gasteiger partial charge is 0.394 e. The maximum atomic E-state index is 12.4. The summed E-state index contributed by atoms with van der Waals surface area (Å²) in [7, 11) is 0. The summed E-state index contributed by atoms with van der Waals surface area (Å²) >= 11 is 0. The lowest BCUT2D eigenvalue weighted by Crippen LogP contribution is -2.45. The molecule has 0 aromatic carbocycles. The van der Waals surface area contributed by atoms with Crippen LogP contribution in [-0.4, -0.2) is 34.9 Å². The number of rotatable bonds is 47. The van der Waals surface area contributed by atoms with Crippen LogP contribution in [0.5, 0.6) is 0 Å². The fourth-order valence-corrected chi connectivity index (χ4v) is 8.02. The summed E-state index contributed by atoms with van der Waals surface area (Å²) in [5, 5.41) is 23.1. The molecule has 0 aliphatic rings. The Morgan fingerprint density at radius 2 is 0.696 bits per heavy atom. The van der Waals surface area contributed by atoms with Gasteiger partial charge >= 0.3 is 0 Å². The minimum absolute atomic E-state index is 0.0678. The summed E-state index contributed by atoms with van der Waals surface area (Å²) in [5.41, 5.74) is 0. The number of hydrogen-bond acceptors (Lipinski definition) is 3. The van der Waals surface area contributed by atoms with Crippen LogP contribution in [0.25, 0.3) is 0 Å². The first-order valence-corrected chi connectivity index (χ1v) is 25.6. The van der Waals surface area contributed by atoms with Gasteiger partial charge in [-0.05, 0) is 32.1 Å². The third kappa shape index (κ3) is 44.0. The molecule has 0 saturated carbocycles. The molecule has 2 unspecified atom stereocenters. The lowest BCUT2D eigenvalue weighted by atomic mass is 10.0. The highest BCUT2D eigenvalue weighted by molar-refractivity contribution is 5.76. The van der Waals surface area contributed by atoms with Crippen molar-refractivity contribution in [1.82, 2.24) is 5.32 Å². The van der Waals surface area contributed by atoms with E-state index < -0.39 is 12.1 Å². The third-order valence-electron chi connectivity index (χ3n) is 11.9. The van der Waals surface area contributed by atoms with Crippen LogP contribution in [0.15, 0.2) is 24.3 Å². The molecular formula is C52H101NO3. The molecule has 0 aromatic rings. The van der Waals surface area contributed by atoms with E-state index in [2.05, 4.69) is 31.3 Å². The number of amides is 1. The Morgan fingerprint density at radius 1 is 0.411 bits per heavy atom. The topological polar surface area (TPSA) is 69.6 Å². The molecule has 4 nitrogen and oxygen atoms in total. The third-order valence-corrected chi connectivity index (χ3v) is 11.9. The van der Waals surface area contributed by atoms with Gasteiger partial charge in [-0.3, -0.25) is 4.79 Å². The monoisotopic (exact) mass is 788 g/mol. The van der Waals surface area contributed by atoms with Gasteiger partial charge < -0.3 is 15.5 Å². The number of carbonyl (C=O) groups excluding carboxylic acids is 1. The molecule has 56 heavy (non-hydrogen) atoms. The van der Waals surface area contributed by atoms with Gasteiger partial charge in [0.15, 0.2) is 0 Å². The summed E-state index contributed by atoms with van der Waals surface area (Å²) in [6.45, 7) is 4.33. The average Bonchev–Trinajstić information content (AvgIpc) is 3.20. The molecule has 1 amide bonds. The van der Waals surface area contributed by atoms with Gasteiger partial charge in [-0.1, -0.05) is 269 Å². The second kappa shape index (κ2) is 48.2. The van der Waals surface area contributed by atoms with Crippen molar-refractivity contribution in [3.8, 4) is 0 Å². The lowest BCUT2D eigenvalue weighted by molar-refractivity contribution is -0.123. The van der Waals surface area contributed by atoms with Crippen molar-refractivity contribution in [3.63, 3.8) is 0 Å². The molecule has 0 spiro atoms. The Bertz CT molecular complexity index is 810. The van der Waals surface area contributed by atoms with Gasteiger partial charge in [-0.2, -0.15) is 0 Å². The van der Waals surface area contributed by atoms with Crippen molar-refractivity contribution in [3.05, 3.63) is 24.3 Å². The highest BCUT2D eigenvalue weighted by atomic mass is 16.3. The van der Waals surface area contributed by atoms with Gasteiger partial charge in [-0.25, -0.2) is 0 Å². The van der Waals surface area contributed by atoms with Crippen molar-refractivity contribution in [2.75, 3.05) is 6.61 Å². The predicted molar refractivity (Wildman–Crippen MR) is 249 cm³/mol. The van der Waals surface area contributed by atoms with E-state index >= 15 is 0 Å². The van der Waals surface area contributed by atoms with Crippen LogP contribution in [0.4, 0.5) is 0 Å². The van der Waals surface area contributed by atoms with Gasteiger partial charge in [0.2, 0.25) is 5.91 Å². The number of aliphatic hydroxyl groups excluding tert-OH is 2. The Morgan fingerprint density at radius 3 is 1.04 bits per heavy atom. The molecular weight excluding hydrogens is 687 g/mol. The standard InChI is InChI=1S/C52H101NO3/c1-3-5-7-9-11-13-15-17-19-21-23-25-26-27-28-30-32-34-36-38-40-42-44-46-48-52(56)53-50(49-54)51(55)47-45-43-41-39-37-35-33-31-29-24-22-20-18-16-14-12-10-8-6-4-2/h37,39,45,47,50-51,54-55H,3-36,38,40-44,46,48-49H2,1-2H3,(H,53,56)/b39-37+,47-45+. The van der Waals surface area contributed by atoms with E-state index in [0.29, 0.717) is 6.42 Å². The quantitative estimate of drug-likeness (QED) is 0.0425. The molecule has 4 heteroatoms. The molecule has 2 atom stereocenters. The molecule has 0 aromatic heterocycles. The normalized spacial score (nSPS) is 13.0. The number of nitrogens with one attached hydrogen (secondary N) is 1. The number of allylic oxidation sites excluding steroid dienone is 3. The second-order valence-electron chi connectivity index (χ2n) is 17.6. The molecule has 332 valence electrons. The zero-order valence-electron chi connectivity index (χ0n) is 38.2. The van der Waals surface area contributed by atoms with Gasteiger partial charge in [-0.15, -0.1) is 0 Å². The molecule has 3 N–H and O–H groups in total. The molecule has 0 aliphatic carbocycles. The minimum Gasteiger partial charge on any atom is -0.394 e. The molecule has 0 saturated heterocycles. The number of hydrogen-bond donors (Lipinski definition) is 3. The average molecular weight is 788 g/mol. The summed E-state index contributed by atoms with van der Waals surface area (Å²) in [6.07, 6.45) is 63.2. The summed E-state index contributed by atoms with van der Waals surface area (Å²) in [5.74, 6) is -0.0678. The van der Waals surface area contributed by atoms with E-state index in [4.69, 9.17) is 0 Å². The molecule has 0 aliphatic heterocycles. The van der Waals surface area contributed by atoms with Crippen LogP contribution in [0.2, 0.25) is 0 Å². The lowest BCUT2D eigenvalue weighted by Gasteiger charge is -2.19. The first-order valence-electron chi connectivity index (χ1n) is 25.6. The second-order valence-corrected chi connectivity index (χ2v) is 17.6. The fraction of sp³-hybridized carbons (Fsp3) is 0.904. The molecule has 0 radical (unpaired) electrons. The van der Waals surface area contributed by atoms with Crippen LogP contribution in [0.1, 0.15) is 284 Å². The summed E-state index contributed by atoms with van der Waals surface area (Å²) in [6, 6.07) is -0.635. The van der Waals surface area contributed by atoms with Crippen molar-refractivity contribution in [2.45, 2.75) is 296 Å². The van der Waals surface area contributed by atoms with Crippen molar-refractivity contribution in [1.29, 1.82) is 0 Å². The molecule has 0 rings (SSSR count). The van der Waals surface area contributed by atoms with Gasteiger partial charge in [0.05, 0.1) is 18.8 Å². The fourth-order valence-electron chi connectivity index (χ4n) is 8.02. The Hall–Kier alpha value is -1.13. The Labute approximate surface area is 351 Å². The van der Waals surface area contributed by atoms with Crippen LogP contribution in [0, 0.1) is 0 Å². The number of aliphatic hydroxyl groups is 2. The van der Waals surface area contributed by atoms with Crippen molar-refractivity contribution in [2.24, 2.45) is 0 Å². The number of unbranched alkanes of at least 4 members (excludes halogenated alkanes) is 38. The van der Waals surface area contributed by atoms with E-state index in [1.54, 1.807) is 6.08 Å². The van der Waals surface area contributed by atoms with Crippen molar-refractivity contribution < 1.29 is 15.0 Å². The summed E-state index contributed by atoms with van der Waals surface area (Å²) in [4.78, 5) is 12.4. The smallest absolute Gasteiger partial charge is 0.220 e. The predicted octanol–water partition coefficient (Wildman–Crippen LogP) is 16.4. The molecule has 0 fully saturated rings. The Kier molecular flexibility index (Phi) is 47.3. The Balaban J connectivity index is 3.51. The van der Waals surface area contributed by atoms with E-state index in [1.807, 2.05) is 6.08 Å². The highest BCUT2D eigenvalue weighted by Crippen LogP contribution is 2.17. The SMILES string of the molecule is CCCCCCCCCCCCCCCC/C=C/CC/C=C/C(O)C(CO)NC(=O)CCCCCCCCCCCCCCCCCCCCCCCCCC. The van der Waals surface area contributed by atoms with Gasteiger partial charge in [0.25, 0.3) is 0 Å². The number of carbonyl (C=O) groups is 1. The highest BCUT2D eigenvalue weighted by Gasteiger charge is 2.17. The van der Waals surface area contributed by atoms with E-state index in [1.165, 1.54) is 231 Å². The van der Waals surface area contributed by atoms with Crippen LogP contribution < -0.4 is 5.32 Å². The van der Waals surface area contributed by atoms with E-state index in [9.17, 15) is 15.0 Å². The maximum Gasteiger partial charge on any atom is 0.220 e. The van der Waals surface area contributed by atoms with Crippen LogP contribution in [0.3, 0.4) is 0 Å². The van der Waals surface area contributed by atoms with Crippen LogP contribution >= 0.6 is 0 Å². The van der Waals surface area contributed by atoms with Crippen molar-refractivity contribution >= 4 is 5.91 Å². The first-order chi connectivity index (χ1) is 27.7. The summed E-state index contributed by atoms with van der Waals surface area (Å²) < 4.78 is 0. The van der Waals surface area contributed by atoms with Gasteiger partial charge in [0, 0.05) is 6.42 Å².